The summed E-state index contributed by atoms with van der Waals surface area (Å²) in [5.74, 6) is 0. The van der Waals surface area contributed by atoms with Gasteiger partial charge in [0.1, 0.15) is 6.10 Å². The largest absolute Gasteiger partial charge is 0.386 e. The number of fused-ring (bicyclic) bond motifs is 1. The summed E-state index contributed by atoms with van der Waals surface area (Å²) in [5, 5.41) is 17.7. The second kappa shape index (κ2) is 2.84. The molecule has 0 spiro atoms. The normalized spacial score (nSPS) is 20.7. The second-order valence-corrected chi connectivity index (χ2v) is 3.08. The highest BCUT2D eigenvalue weighted by Crippen LogP contribution is 2.32. The minimum absolute atomic E-state index is 0.327. The number of hydrogen-bond acceptors (Lipinski definition) is 3. The van der Waals surface area contributed by atoms with E-state index in [2.05, 4.69) is 10.2 Å². The maximum absolute atomic E-state index is 9.47. The zero-order chi connectivity index (χ0) is 8.55. The molecule has 1 aromatic rings. The van der Waals surface area contributed by atoms with Gasteiger partial charge in [0.15, 0.2) is 0 Å². The summed E-state index contributed by atoms with van der Waals surface area (Å²) < 4.78 is 0. The molecule has 1 aromatic carbocycles. The van der Waals surface area contributed by atoms with Crippen LogP contribution in [0.2, 0.25) is 5.02 Å². The van der Waals surface area contributed by atoms with Crippen molar-refractivity contribution in [3.8, 4) is 0 Å². The van der Waals surface area contributed by atoms with Gasteiger partial charge in [-0.15, -0.1) is 0 Å². The first-order valence-electron chi connectivity index (χ1n) is 3.62. The smallest absolute Gasteiger partial charge is 0.102 e. The molecule has 1 heterocycles. The highest BCUT2D eigenvalue weighted by molar-refractivity contribution is 6.30. The molecule has 1 N–H and O–H groups in total. The van der Waals surface area contributed by atoms with Crippen LogP contribution in [0.1, 0.15) is 11.7 Å². The predicted molar refractivity (Wildman–Crippen MR) is 45.8 cm³/mol. The molecule has 1 aliphatic heterocycles. The van der Waals surface area contributed by atoms with Crippen LogP contribution in [-0.2, 0) is 0 Å². The summed E-state index contributed by atoms with van der Waals surface area (Å²) in [7, 11) is 0. The summed E-state index contributed by atoms with van der Waals surface area (Å²) in [4.78, 5) is 0. The van der Waals surface area contributed by atoms with Gasteiger partial charge in [-0.1, -0.05) is 11.6 Å². The average molecular weight is 183 g/mol. The van der Waals surface area contributed by atoms with Crippen LogP contribution in [0.5, 0.6) is 0 Å². The number of aliphatic hydroxyl groups excluding tert-OH is 1. The summed E-state index contributed by atoms with van der Waals surface area (Å²) in [6.07, 6.45) is -0.559. The Hall–Kier alpha value is -0.930. The molecule has 0 amide bonds. The second-order valence-electron chi connectivity index (χ2n) is 2.64. The van der Waals surface area contributed by atoms with E-state index in [1.54, 1.807) is 18.2 Å². The van der Waals surface area contributed by atoms with E-state index in [1.807, 2.05) is 0 Å². The van der Waals surface area contributed by atoms with Crippen LogP contribution < -0.4 is 0 Å². The Labute approximate surface area is 74.7 Å². The summed E-state index contributed by atoms with van der Waals surface area (Å²) in [5.41, 5.74) is 1.47. The number of rotatable bonds is 0. The van der Waals surface area contributed by atoms with E-state index in [9.17, 15) is 5.11 Å². The van der Waals surface area contributed by atoms with Crippen molar-refractivity contribution in [2.24, 2.45) is 10.2 Å². The molecule has 0 fully saturated rings. The van der Waals surface area contributed by atoms with Gasteiger partial charge in [0, 0.05) is 10.6 Å². The van der Waals surface area contributed by atoms with Crippen LogP contribution in [0.3, 0.4) is 0 Å². The molecule has 1 atom stereocenters. The lowest BCUT2D eigenvalue weighted by Crippen LogP contribution is -2.04. The third kappa shape index (κ3) is 1.21. The molecular weight excluding hydrogens is 176 g/mol. The Morgan fingerprint density at radius 2 is 2.33 bits per heavy atom. The summed E-state index contributed by atoms with van der Waals surface area (Å²) >= 11 is 5.76. The van der Waals surface area contributed by atoms with Crippen LogP contribution in [-0.4, -0.2) is 11.7 Å². The van der Waals surface area contributed by atoms with Gasteiger partial charge in [-0.2, -0.15) is 10.2 Å². The third-order valence-electron chi connectivity index (χ3n) is 1.78. The summed E-state index contributed by atoms with van der Waals surface area (Å²) in [6, 6.07) is 5.21. The molecule has 1 aliphatic rings. The third-order valence-corrected chi connectivity index (χ3v) is 2.02. The molecular formula is C8H7ClN2O. The van der Waals surface area contributed by atoms with Crippen molar-refractivity contribution in [2.45, 2.75) is 6.10 Å². The lowest BCUT2D eigenvalue weighted by Gasteiger charge is -2.14. The zero-order valence-electron chi connectivity index (χ0n) is 6.24. The van der Waals surface area contributed by atoms with Crippen molar-refractivity contribution < 1.29 is 5.11 Å². The molecule has 3 nitrogen and oxygen atoms in total. The van der Waals surface area contributed by atoms with E-state index in [1.165, 1.54) is 0 Å². The number of nitrogens with zero attached hydrogens (tertiary/aromatic N) is 2. The van der Waals surface area contributed by atoms with E-state index in [0.29, 0.717) is 17.3 Å². The van der Waals surface area contributed by atoms with E-state index in [-0.39, 0.29) is 0 Å². The van der Waals surface area contributed by atoms with Gasteiger partial charge in [0.05, 0.1) is 12.2 Å². The topological polar surface area (TPSA) is 45.0 Å². The van der Waals surface area contributed by atoms with Crippen LogP contribution in [0.25, 0.3) is 0 Å². The van der Waals surface area contributed by atoms with Crippen LogP contribution in [0.4, 0.5) is 5.69 Å². The average Bonchev–Trinajstić information content (AvgIpc) is 2.07. The maximum Gasteiger partial charge on any atom is 0.102 e. The molecule has 4 heteroatoms. The molecule has 1 unspecified atom stereocenters. The van der Waals surface area contributed by atoms with Crippen molar-refractivity contribution in [1.29, 1.82) is 0 Å². The maximum atomic E-state index is 9.47. The number of halogens is 1. The number of benzene rings is 1. The van der Waals surface area contributed by atoms with Gasteiger partial charge in [-0.05, 0) is 18.2 Å². The fourth-order valence-electron chi connectivity index (χ4n) is 1.18. The molecule has 0 radical (unpaired) electrons. The molecule has 0 aromatic heterocycles. The lowest BCUT2D eigenvalue weighted by molar-refractivity contribution is 0.182. The molecule has 12 heavy (non-hydrogen) atoms. The first-order valence-corrected chi connectivity index (χ1v) is 4.00. The fraction of sp³-hybridized carbons (Fsp3) is 0.250. The fourth-order valence-corrected chi connectivity index (χ4v) is 1.36. The van der Waals surface area contributed by atoms with Gasteiger partial charge in [0.2, 0.25) is 0 Å². The van der Waals surface area contributed by atoms with Crippen LogP contribution >= 0.6 is 11.6 Å². The Morgan fingerprint density at radius 1 is 1.50 bits per heavy atom. The van der Waals surface area contributed by atoms with Crippen molar-refractivity contribution in [1.82, 2.24) is 0 Å². The minimum Gasteiger partial charge on any atom is -0.386 e. The Balaban J connectivity index is 2.56. The Kier molecular flexibility index (Phi) is 1.83. The molecule has 62 valence electrons. The highest BCUT2D eigenvalue weighted by Gasteiger charge is 2.15. The number of azo groups is 1. The minimum atomic E-state index is -0.559. The van der Waals surface area contributed by atoms with Crippen molar-refractivity contribution in [3.63, 3.8) is 0 Å². The van der Waals surface area contributed by atoms with Gasteiger partial charge in [-0.3, -0.25) is 0 Å². The molecule has 2 rings (SSSR count). The summed E-state index contributed by atoms with van der Waals surface area (Å²) in [6.45, 7) is 0.327. The van der Waals surface area contributed by atoms with Gasteiger partial charge < -0.3 is 5.11 Å². The first kappa shape index (κ1) is 7.71. The van der Waals surface area contributed by atoms with E-state index in [0.717, 1.165) is 5.56 Å². The van der Waals surface area contributed by atoms with Crippen LogP contribution in [0, 0.1) is 0 Å². The Bertz CT molecular complexity index is 338. The van der Waals surface area contributed by atoms with Gasteiger partial charge in [-0.25, -0.2) is 0 Å². The lowest BCUT2D eigenvalue weighted by atomic mass is 10.1. The van der Waals surface area contributed by atoms with Gasteiger partial charge in [0.25, 0.3) is 0 Å². The van der Waals surface area contributed by atoms with E-state index < -0.39 is 6.10 Å². The van der Waals surface area contributed by atoms with Crippen molar-refractivity contribution in [3.05, 3.63) is 28.8 Å². The number of aliphatic hydroxyl groups is 1. The van der Waals surface area contributed by atoms with E-state index >= 15 is 0 Å². The molecule has 0 saturated heterocycles. The quantitative estimate of drug-likeness (QED) is 0.658. The first-order chi connectivity index (χ1) is 5.77. The number of hydrogen-bond donors (Lipinski definition) is 1. The molecule has 0 aliphatic carbocycles. The molecule has 0 saturated carbocycles. The van der Waals surface area contributed by atoms with E-state index in [4.69, 9.17) is 11.6 Å². The van der Waals surface area contributed by atoms with Crippen molar-refractivity contribution >= 4 is 17.3 Å². The van der Waals surface area contributed by atoms with Crippen molar-refractivity contribution in [2.75, 3.05) is 6.54 Å². The monoisotopic (exact) mass is 182 g/mol. The standard InChI is InChI=1S/C8H7ClN2O/c9-5-1-2-7-6(3-5)8(12)4-10-11-7/h1-3,8,12H,4H2. The zero-order valence-corrected chi connectivity index (χ0v) is 6.99. The highest BCUT2D eigenvalue weighted by atomic mass is 35.5. The SMILES string of the molecule is OC1CN=Nc2ccc(Cl)cc21. The predicted octanol–water partition coefficient (Wildman–Crippen LogP) is 2.47. The van der Waals surface area contributed by atoms with Gasteiger partial charge >= 0.3 is 0 Å². The Morgan fingerprint density at radius 3 is 3.17 bits per heavy atom. The molecule has 0 bridgehead atoms. The van der Waals surface area contributed by atoms with Crippen LogP contribution in [0.15, 0.2) is 28.4 Å².